The lowest BCUT2D eigenvalue weighted by atomic mass is 9.99. The summed E-state index contributed by atoms with van der Waals surface area (Å²) >= 11 is 0. The van der Waals surface area contributed by atoms with E-state index in [2.05, 4.69) is 0 Å². The highest BCUT2D eigenvalue weighted by Gasteiger charge is 2.34. The minimum absolute atomic E-state index is 0.185. The summed E-state index contributed by atoms with van der Waals surface area (Å²) in [5.74, 6) is -0.813. The predicted molar refractivity (Wildman–Crippen MR) is 81.3 cm³/mol. The molecule has 2 rings (SSSR count). The smallest absolute Gasteiger partial charge is 0.243 e. The second-order valence-corrected chi connectivity index (χ2v) is 7.71. The molecule has 0 unspecified atom stereocenters. The van der Waals surface area contributed by atoms with Gasteiger partial charge < -0.3 is 5.73 Å². The maximum atomic E-state index is 12.9. The summed E-state index contributed by atoms with van der Waals surface area (Å²) in [7, 11) is -3.58. The Balaban J connectivity index is 2.41. The molecule has 1 aliphatic heterocycles. The van der Waals surface area contributed by atoms with Crippen LogP contribution in [0.25, 0.3) is 0 Å². The van der Waals surface area contributed by atoms with Crippen molar-refractivity contribution in [1.82, 2.24) is 4.31 Å². The standard InChI is InChI=1S/C15H22N2O3S/c1-10-7-11(2)14(12(3)8-10)21(19,20)17-6-4-5-13(9-17)15(16)18/h7-8,13H,4-6,9H2,1-3H3,(H2,16,18)/t13-/m1/s1. The summed E-state index contributed by atoms with van der Waals surface area (Å²) in [5, 5.41) is 0. The van der Waals surface area contributed by atoms with Crippen molar-refractivity contribution >= 4 is 15.9 Å². The Morgan fingerprint density at radius 1 is 1.24 bits per heavy atom. The summed E-state index contributed by atoms with van der Waals surface area (Å²) in [5.41, 5.74) is 7.86. The van der Waals surface area contributed by atoms with Gasteiger partial charge in [0.2, 0.25) is 15.9 Å². The Morgan fingerprint density at radius 2 is 1.81 bits per heavy atom. The second-order valence-electron chi connectivity index (χ2n) is 5.83. The zero-order valence-electron chi connectivity index (χ0n) is 12.7. The zero-order chi connectivity index (χ0) is 15.8. The van der Waals surface area contributed by atoms with Crippen LogP contribution >= 0.6 is 0 Å². The highest BCUT2D eigenvalue weighted by Crippen LogP contribution is 2.28. The minimum atomic E-state index is -3.58. The number of hydrogen-bond acceptors (Lipinski definition) is 3. The third-order valence-corrected chi connectivity index (χ3v) is 6.16. The molecule has 116 valence electrons. The number of aryl methyl sites for hydroxylation is 3. The average Bonchev–Trinajstić information content (AvgIpc) is 2.37. The summed E-state index contributed by atoms with van der Waals surface area (Å²) in [6.07, 6.45) is 1.32. The summed E-state index contributed by atoms with van der Waals surface area (Å²) in [6.45, 7) is 6.19. The highest BCUT2D eigenvalue weighted by molar-refractivity contribution is 7.89. The van der Waals surface area contributed by atoms with Crippen molar-refractivity contribution < 1.29 is 13.2 Å². The molecule has 6 heteroatoms. The van der Waals surface area contributed by atoms with E-state index in [9.17, 15) is 13.2 Å². The number of nitrogens with two attached hydrogens (primary N) is 1. The molecule has 1 saturated heterocycles. The molecule has 1 amide bonds. The number of rotatable bonds is 3. The lowest BCUT2D eigenvalue weighted by Crippen LogP contribution is -2.44. The van der Waals surface area contributed by atoms with Crippen LogP contribution < -0.4 is 5.73 Å². The average molecular weight is 310 g/mol. The summed E-state index contributed by atoms with van der Waals surface area (Å²) in [4.78, 5) is 11.7. The first-order valence-corrected chi connectivity index (χ1v) is 8.55. The van der Waals surface area contributed by atoms with E-state index in [0.29, 0.717) is 24.3 Å². The molecular weight excluding hydrogens is 288 g/mol. The Morgan fingerprint density at radius 3 is 2.33 bits per heavy atom. The van der Waals surface area contributed by atoms with Gasteiger partial charge in [0.1, 0.15) is 0 Å². The third-order valence-electron chi connectivity index (χ3n) is 3.99. The van der Waals surface area contributed by atoms with Crippen LogP contribution in [-0.4, -0.2) is 31.7 Å². The van der Waals surface area contributed by atoms with Crippen LogP contribution in [-0.2, 0) is 14.8 Å². The fourth-order valence-electron chi connectivity index (χ4n) is 3.10. The lowest BCUT2D eigenvalue weighted by molar-refractivity contribution is -0.122. The fraction of sp³-hybridized carbons (Fsp3) is 0.533. The molecule has 0 saturated carbocycles. The highest BCUT2D eigenvalue weighted by atomic mass is 32.2. The number of benzene rings is 1. The van der Waals surface area contributed by atoms with Crippen molar-refractivity contribution in [2.24, 2.45) is 11.7 Å². The van der Waals surface area contributed by atoms with Crippen LogP contribution in [0.2, 0.25) is 0 Å². The Bertz CT molecular complexity index is 644. The van der Waals surface area contributed by atoms with Gasteiger partial charge in [-0.1, -0.05) is 17.7 Å². The number of nitrogens with zero attached hydrogens (tertiary/aromatic N) is 1. The van der Waals surface area contributed by atoms with Crippen molar-refractivity contribution in [3.8, 4) is 0 Å². The topological polar surface area (TPSA) is 80.5 Å². The second kappa shape index (κ2) is 5.77. The van der Waals surface area contributed by atoms with E-state index in [0.717, 1.165) is 16.7 Å². The van der Waals surface area contributed by atoms with Gasteiger partial charge in [0, 0.05) is 13.1 Å². The maximum absolute atomic E-state index is 12.9. The van der Waals surface area contributed by atoms with Crippen LogP contribution in [0, 0.1) is 26.7 Å². The van der Waals surface area contributed by atoms with Crippen molar-refractivity contribution in [3.05, 3.63) is 28.8 Å². The number of carbonyl (C=O) groups excluding carboxylic acids is 1. The molecule has 1 aromatic rings. The maximum Gasteiger partial charge on any atom is 0.243 e. The molecule has 21 heavy (non-hydrogen) atoms. The molecular formula is C15H22N2O3S. The lowest BCUT2D eigenvalue weighted by Gasteiger charge is -2.31. The van der Waals surface area contributed by atoms with Crippen LogP contribution in [0.3, 0.4) is 0 Å². The summed E-state index contributed by atoms with van der Waals surface area (Å²) in [6, 6.07) is 3.74. The molecule has 0 spiro atoms. The molecule has 2 N–H and O–H groups in total. The van der Waals surface area contributed by atoms with Gasteiger partial charge in [-0.25, -0.2) is 8.42 Å². The number of carbonyl (C=O) groups is 1. The third kappa shape index (κ3) is 3.11. The molecule has 1 fully saturated rings. The van der Waals surface area contributed by atoms with E-state index >= 15 is 0 Å². The van der Waals surface area contributed by atoms with E-state index in [4.69, 9.17) is 5.73 Å². The van der Waals surface area contributed by atoms with Gasteiger partial charge in [-0.2, -0.15) is 4.31 Å². The molecule has 0 aliphatic carbocycles. The molecule has 0 aromatic heterocycles. The minimum Gasteiger partial charge on any atom is -0.369 e. The van der Waals surface area contributed by atoms with Crippen LogP contribution in [0.5, 0.6) is 0 Å². The van der Waals surface area contributed by atoms with Gasteiger partial charge in [-0.05, 0) is 44.7 Å². The van der Waals surface area contributed by atoms with E-state index in [1.54, 1.807) is 0 Å². The number of sulfonamides is 1. The molecule has 5 nitrogen and oxygen atoms in total. The number of piperidine rings is 1. The van der Waals surface area contributed by atoms with E-state index in [1.807, 2.05) is 32.9 Å². The van der Waals surface area contributed by atoms with Gasteiger partial charge in [0.15, 0.2) is 0 Å². The van der Waals surface area contributed by atoms with Crippen molar-refractivity contribution in [2.45, 2.75) is 38.5 Å². The fourth-order valence-corrected chi connectivity index (χ4v) is 5.03. The molecule has 0 bridgehead atoms. The first kappa shape index (κ1) is 16.0. The van der Waals surface area contributed by atoms with Gasteiger partial charge in [-0.15, -0.1) is 0 Å². The van der Waals surface area contributed by atoms with E-state index < -0.39 is 15.9 Å². The largest absolute Gasteiger partial charge is 0.369 e. The van der Waals surface area contributed by atoms with Gasteiger partial charge in [-0.3, -0.25) is 4.79 Å². The Hall–Kier alpha value is -1.40. The Kier molecular flexibility index (Phi) is 4.39. The van der Waals surface area contributed by atoms with Crippen molar-refractivity contribution in [2.75, 3.05) is 13.1 Å². The van der Waals surface area contributed by atoms with E-state index in [-0.39, 0.29) is 12.5 Å². The van der Waals surface area contributed by atoms with Gasteiger partial charge in [0.05, 0.1) is 10.8 Å². The number of hydrogen-bond donors (Lipinski definition) is 1. The molecule has 1 aromatic carbocycles. The van der Waals surface area contributed by atoms with Crippen LogP contribution in [0.1, 0.15) is 29.5 Å². The van der Waals surface area contributed by atoms with Gasteiger partial charge in [0.25, 0.3) is 0 Å². The van der Waals surface area contributed by atoms with Crippen LogP contribution in [0.4, 0.5) is 0 Å². The predicted octanol–water partition coefficient (Wildman–Crippen LogP) is 1.50. The molecule has 1 heterocycles. The quantitative estimate of drug-likeness (QED) is 0.918. The molecule has 0 radical (unpaired) electrons. The zero-order valence-corrected chi connectivity index (χ0v) is 13.5. The number of amides is 1. The number of primary amides is 1. The molecule has 1 aliphatic rings. The van der Waals surface area contributed by atoms with Gasteiger partial charge >= 0.3 is 0 Å². The first-order chi connectivity index (χ1) is 9.73. The molecule has 1 atom stereocenters. The summed E-state index contributed by atoms with van der Waals surface area (Å²) < 4.78 is 27.2. The Labute approximate surface area is 126 Å². The van der Waals surface area contributed by atoms with Crippen LogP contribution in [0.15, 0.2) is 17.0 Å². The van der Waals surface area contributed by atoms with Crippen molar-refractivity contribution in [1.29, 1.82) is 0 Å². The SMILES string of the molecule is Cc1cc(C)c(S(=O)(=O)N2CCC[C@@H](C(N)=O)C2)c(C)c1. The van der Waals surface area contributed by atoms with Crippen molar-refractivity contribution in [3.63, 3.8) is 0 Å². The first-order valence-electron chi connectivity index (χ1n) is 7.11. The van der Waals surface area contributed by atoms with E-state index in [1.165, 1.54) is 4.31 Å². The monoisotopic (exact) mass is 310 g/mol. The normalized spacial score (nSPS) is 20.4.